The summed E-state index contributed by atoms with van der Waals surface area (Å²) in [6.07, 6.45) is 1.83. The molecule has 0 spiro atoms. The van der Waals surface area contributed by atoms with Gasteiger partial charge < -0.3 is 15.2 Å². The number of anilines is 1. The number of aryl methyl sites for hydroxylation is 1. The van der Waals surface area contributed by atoms with Gasteiger partial charge in [0, 0.05) is 18.3 Å². The van der Waals surface area contributed by atoms with Gasteiger partial charge in [0.1, 0.15) is 5.82 Å². The number of nitrogens with one attached hydrogen (secondary N) is 1. The molecule has 0 bridgehead atoms. The molecule has 1 aromatic carbocycles. The number of ether oxygens (including phenoxy) is 1. The predicted molar refractivity (Wildman–Crippen MR) is 85.9 cm³/mol. The summed E-state index contributed by atoms with van der Waals surface area (Å²) in [6.45, 7) is 2.33. The van der Waals surface area contributed by atoms with Crippen LogP contribution in [0.15, 0.2) is 42.6 Å². The summed E-state index contributed by atoms with van der Waals surface area (Å²) >= 11 is 0. The first-order chi connectivity index (χ1) is 11.2. The molecule has 0 unspecified atom stereocenters. The van der Waals surface area contributed by atoms with E-state index in [1.54, 1.807) is 10.7 Å². The predicted octanol–water partition coefficient (Wildman–Crippen LogP) is 2.30. The molecule has 23 heavy (non-hydrogen) atoms. The Morgan fingerprint density at radius 2 is 2.04 bits per heavy atom. The number of hydrogen-bond donors (Lipinski definition) is 2. The van der Waals surface area contributed by atoms with Crippen LogP contribution in [-0.4, -0.2) is 32.2 Å². The maximum Gasteiger partial charge on any atom is 0.175 e. The molecule has 0 amide bonds. The van der Waals surface area contributed by atoms with Crippen molar-refractivity contribution in [3.8, 4) is 17.3 Å². The number of benzene rings is 1. The lowest BCUT2D eigenvalue weighted by Gasteiger charge is -2.10. The molecule has 118 valence electrons. The summed E-state index contributed by atoms with van der Waals surface area (Å²) in [6, 6.07) is 10.9. The van der Waals surface area contributed by atoms with E-state index >= 15 is 0 Å². The average molecular weight is 311 g/mol. The first kappa shape index (κ1) is 14.8. The number of nitrogens with zero attached hydrogens (tertiary/aromatic N) is 4. The molecular formula is C16H17N5O2. The number of aromatic hydroxyl groups is 1. The Bertz CT molecular complexity index is 798. The van der Waals surface area contributed by atoms with E-state index in [1.807, 2.05) is 43.5 Å². The smallest absolute Gasteiger partial charge is 0.175 e. The molecule has 0 saturated heterocycles. The van der Waals surface area contributed by atoms with Gasteiger partial charge in [-0.1, -0.05) is 12.1 Å². The maximum absolute atomic E-state index is 10.0. The molecule has 3 aromatic rings. The fraction of sp³-hybridized carbons (Fsp3) is 0.188. The summed E-state index contributed by atoms with van der Waals surface area (Å²) in [5.74, 6) is 1.83. The second-order valence-electron chi connectivity index (χ2n) is 5.00. The molecule has 0 aliphatic carbocycles. The highest BCUT2D eigenvalue weighted by atomic mass is 16.5. The Morgan fingerprint density at radius 1 is 1.17 bits per heavy atom. The minimum absolute atomic E-state index is 0.124. The molecule has 2 heterocycles. The molecule has 2 aromatic heterocycles. The summed E-state index contributed by atoms with van der Waals surface area (Å²) in [4.78, 5) is 0. The van der Waals surface area contributed by atoms with E-state index in [9.17, 15) is 5.11 Å². The van der Waals surface area contributed by atoms with Crippen molar-refractivity contribution in [1.29, 1.82) is 0 Å². The third kappa shape index (κ3) is 3.23. The maximum atomic E-state index is 10.0. The second kappa shape index (κ2) is 6.35. The van der Waals surface area contributed by atoms with Crippen molar-refractivity contribution in [3.05, 3.63) is 53.9 Å². The van der Waals surface area contributed by atoms with Gasteiger partial charge in [-0.25, -0.2) is 4.68 Å². The zero-order valence-corrected chi connectivity index (χ0v) is 12.9. The van der Waals surface area contributed by atoms with Gasteiger partial charge in [-0.2, -0.15) is 5.10 Å². The fourth-order valence-electron chi connectivity index (χ4n) is 2.15. The quantitative estimate of drug-likeness (QED) is 0.752. The number of methoxy groups -OCH3 is 1. The molecule has 0 radical (unpaired) electrons. The van der Waals surface area contributed by atoms with Crippen LogP contribution in [0.3, 0.4) is 0 Å². The second-order valence-corrected chi connectivity index (χ2v) is 5.00. The Kier molecular flexibility index (Phi) is 4.09. The van der Waals surface area contributed by atoms with Gasteiger partial charge in [-0.15, -0.1) is 10.2 Å². The zero-order chi connectivity index (χ0) is 16.2. The van der Waals surface area contributed by atoms with E-state index in [0.717, 1.165) is 11.3 Å². The summed E-state index contributed by atoms with van der Waals surface area (Å²) < 4.78 is 6.76. The van der Waals surface area contributed by atoms with Crippen LogP contribution in [0, 0.1) is 6.92 Å². The fourth-order valence-corrected chi connectivity index (χ4v) is 2.15. The zero-order valence-electron chi connectivity index (χ0n) is 12.9. The Labute approximate surface area is 133 Å². The molecule has 0 fully saturated rings. The summed E-state index contributed by atoms with van der Waals surface area (Å²) in [5, 5.41) is 25.7. The Morgan fingerprint density at radius 3 is 2.70 bits per heavy atom. The average Bonchev–Trinajstić information content (AvgIpc) is 3.01. The Balaban J connectivity index is 1.69. The van der Waals surface area contributed by atoms with Crippen molar-refractivity contribution in [3.63, 3.8) is 0 Å². The standard InChI is InChI=1S/C16H17N5O2/c1-11-8-9-21(20-11)15-7-6-14(18-19-15)17-10-12-4-3-5-13(23-2)16(12)22/h3-9,22H,10H2,1-2H3,(H,17,18). The van der Waals surface area contributed by atoms with Crippen molar-refractivity contribution in [1.82, 2.24) is 20.0 Å². The van der Waals surface area contributed by atoms with E-state index in [1.165, 1.54) is 7.11 Å². The molecule has 0 saturated carbocycles. The first-order valence-corrected chi connectivity index (χ1v) is 7.12. The van der Waals surface area contributed by atoms with Crippen LogP contribution in [0.4, 0.5) is 5.82 Å². The highest BCUT2D eigenvalue weighted by Gasteiger charge is 2.07. The molecule has 0 aliphatic rings. The number of para-hydroxylation sites is 1. The van der Waals surface area contributed by atoms with Crippen LogP contribution in [0.25, 0.3) is 5.82 Å². The number of phenols is 1. The van der Waals surface area contributed by atoms with Crippen molar-refractivity contribution < 1.29 is 9.84 Å². The van der Waals surface area contributed by atoms with Crippen LogP contribution >= 0.6 is 0 Å². The molecule has 7 heteroatoms. The van der Waals surface area contributed by atoms with E-state index in [4.69, 9.17) is 4.74 Å². The Hall–Kier alpha value is -3.09. The van der Waals surface area contributed by atoms with Gasteiger partial charge in [-0.3, -0.25) is 0 Å². The van der Waals surface area contributed by atoms with E-state index in [0.29, 0.717) is 23.9 Å². The van der Waals surface area contributed by atoms with Crippen molar-refractivity contribution >= 4 is 5.82 Å². The van der Waals surface area contributed by atoms with Gasteiger partial charge in [0.2, 0.25) is 0 Å². The third-order valence-corrected chi connectivity index (χ3v) is 3.37. The van der Waals surface area contributed by atoms with Gasteiger partial charge in [0.25, 0.3) is 0 Å². The lowest BCUT2D eigenvalue weighted by atomic mass is 10.2. The van der Waals surface area contributed by atoms with E-state index in [-0.39, 0.29) is 5.75 Å². The van der Waals surface area contributed by atoms with E-state index < -0.39 is 0 Å². The molecule has 3 rings (SSSR count). The lowest BCUT2D eigenvalue weighted by Crippen LogP contribution is -2.05. The van der Waals surface area contributed by atoms with Crippen molar-refractivity contribution in [2.45, 2.75) is 13.5 Å². The third-order valence-electron chi connectivity index (χ3n) is 3.37. The van der Waals surface area contributed by atoms with Gasteiger partial charge in [0.15, 0.2) is 17.3 Å². The molecule has 2 N–H and O–H groups in total. The summed E-state index contributed by atoms with van der Waals surface area (Å²) in [5.41, 5.74) is 1.64. The first-order valence-electron chi connectivity index (χ1n) is 7.12. The topological polar surface area (TPSA) is 85.1 Å². The molecular weight excluding hydrogens is 294 g/mol. The highest BCUT2D eigenvalue weighted by molar-refractivity contribution is 5.47. The normalized spacial score (nSPS) is 10.5. The van der Waals surface area contributed by atoms with Crippen molar-refractivity contribution in [2.75, 3.05) is 12.4 Å². The van der Waals surface area contributed by atoms with E-state index in [2.05, 4.69) is 20.6 Å². The van der Waals surface area contributed by atoms with Crippen LogP contribution in [0.1, 0.15) is 11.3 Å². The SMILES string of the molecule is COc1cccc(CNc2ccc(-n3ccc(C)n3)nn2)c1O. The number of rotatable bonds is 5. The number of phenolic OH excluding ortho intramolecular Hbond substituents is 1. The molecule has 7 nitrogen and oxygen atoms in total. The number of aromatic nitrogens is 4. The van der Waals surface area contributed by atoms with Crippen LogP contribution in [-0.2, 0) is 6.54 Å². The lowest BCUT2D eigenvalue weighted by molar-refractivity contribution is 0.371. The molecule has 0 atom stereocenters. The van der Waals surface area contributed by atoms with Crippen molar-refractivity contribution in [2.24, 2.45) is 0 Å². The monoisotopic (exact) mass is 311 g/mol. The summed E-state index contributed by atoms with van der Waals surface area (Å²) in [7, 11) is 1.52. The van der Waals surface area contributed by atoms with Crippen LogP contribution in [0.5, 0.6) is 11.5 Å². The van der Waals surface area contributed by atoms with Gasteiger partial charge >= 0.3 is 0 Å². The van der Waals surface area contributed by atoms with Gasteiger partial charge in [0.05, 0.1) is 12.8 Å². The van der Waals surface area contributed by atoms with Crippen LogP contribution in [0.2, 0.25) is 0 Å². The minimum atomic E-state index is 0.124. The largest absolute Gasteiger partial charge is 0.504 e. The highest BCUT2D eigenvalue weighted by Crippen LogP contribution is 2.29. The minimum Gasteiger partial charge on any atom is -0.504 e. The molecule has 0 aliphatic heterocycles. The number of hydrogen-bond acceptors (Lipinski definition) is 6. The van der Waals surface area contributed by atoms with Gasteiger partial charge in [-0.05, 0) is 31.2 Å². The van der Waals surface area contributed by atoms with Crippen LogP contribution < -0.4 is 10.1 Å².